The predicted molar refractivity (Wildman–Crippen MR) is 120 cm³/mol. The van der Waals surface area contributed by atoms with E-state index in [1.54, 1.807) is 19.2 Å². The summed E-state index contributed by atoms with van der Waals surface area (Å²) in [5.74, 6) is -1.02. The van der Waals surface area contributed by atoms with E-state index >= 15 is 0 Å². The van der Waals surface area contributed by atoms with E-state index in [0.717, 1.165) is 11.3 Å². The van der Waals surface area contributed by atoms with Gasteiger partial charge in [0.05, 0.1) is 4.92 Å². The third-order valence-corrected chi connectivity index (χ3v) is 6.02. The number of rotatable bonds is 4. The van der Waals surface area contributed by atoms with Crippen LogP contribution in [0.15, 0.2) is 59.1 Å². The number of nitrogens with zero attached hydrogens (tertiary/aromatic N) is 2. The van der Waals surface area contributed by atoms with Crippen molar-refractivity contribution in [2.24, 2.45) is 0 Å². The number of pyridine rings is 1. The van der Waals surface area contributed by atoms with Gasteiger partial charge in [0, 0.05) is 58.2 Å². The molecule has 1 aliphatic heterocycles. The Morgan fingerprint density at radius 3 is 2.72 bits per heavy atom. The zero-order valence-electron chi connectivity index (χ0n) is 17.6. The van der Waals surface area contributed by atoms with E-state index < -0.39 is 16.7 Å². The molecule has 1 aliphatic carbocycles. The molecule has 0 radical (unpaired) electrons. The monoisotopic (exact) mass is 452 g/mol. The molecule has 0 unspecified atom stereocenters. The van der Waals surface area contributed by atoms with Crippen molar-refractivity contribution in [2.45, 2.75) is 39.0 Å². The number of hydrogen-bond donors (Lipinski definition) is 2. The first-order valence-electron chi connectivity index (χ1n) is 10.2. The molecule has 2 aliphatic rings. The van der Waals surface area contributed by atoms with Crippen LogP contribution in [0.25, 0.3) is 0 Å². The van der Waals surface area contributed by atoms with Crippen molar-refractivity contribution in [3.63, 3.8) is 0 Å². The smallest absolute Gasteiger partial charge is 0.269 e. The van der Waals surface area contributed by atoms with E-state index in [9.17, 15) is 19.7 Å². The van der Waals surface area contributed by atoms with E-state index in [4.69, 9.17) is 11.6 Å². The fourth-order valence-electron chi connectivity index (χ4n) is 4.19. The summed E-state index contributed by atoms with van der Waals surface area (Å²) in [6.45, 7) is 3.64. The molecule has 2 N–H and O–H groups in total. The van der Waals surface area contributed by atoms with Gasteiger partial charge in [0.1, 0.15) is 5.82 Å². The first kappa shape index (κ1) is 21.7. The predicted octanol–water partition coefficient (Wildman–Crippen LogP) is 4.56. The van der Waals surface area contributed by atoms with Crippen LogP contribution in [0.3, 0.4) is 0 Å². The van der Waals surface area contributed by atoms with Gasteiger partial charge in [-0.1, -0.05) is 17.7 Å². The van der Waals surface area contributed by atoms with Gasteiger partial charge in [0.25, 0.3) is 11.6 Å². The summed E-state index contributed by atoms with van der Waals surface area (Å²) < 4.78 is 0. The fraction of sp³-hybridized carbons (Fsp3) is 0.261. The molecule has 0 fully saturated rings. The SMILES string of the molecule is CC1=C(C(=O)Nc2ccc(C)cn2)[C@@H](c2cc([N+](=O)[O-])ccc2Cl)C2=C(CCCC2=O)N1. The number of anilines is 1. The van der Waals surface area contributed by atoms with E-state index in [1.165, 1.54) is 18.2 Å². The summed E-state index contributed by atoms with van der Waals surface area (Å²) in [7, 11) is 0. The lowest BCUT2D eigenvalue weighted by Gasteiger charge is -2.34. The van der Waals surface area contributed by atoms with Crippen molar-refractivity contribution in [1.29, 1.82) is 0 Å². The number of benzene rings is 1. The van der Waals surface area contributed by atoms with E-state index in [1.807, 2.05) is 13.0 Å². The third kappa shape index (κ3) is 4.01. The molecule has 1 amide bonds. The number of halogens is 1. The molecule has 0 saturated carbocycles. The number of Topliss-reactive ketones (excluding diaryl/α,β-unsaturated/α-hetero) is 1. The minimum atomic E-state index is -0.822. The van der Waals surface area contributed by atoms with Crippen molar-refractivity contribution in [3.05, 3.63) is 85.3 Å². The molecule has 164 valence electrons. The lowest BCUT2D eigenvalue weighted by atomic mass is 9.75. The van der Waals surface area contributed by atoms with Crippen molar-refractivity contribution >= 4 is 34.8 Å². The number of nitro groups is 1. The van der Waals surface area contributed by atoms with Gasteiger partial charge in [0.2, 0.25) is 0 Å². The van der Waals surface area contributed by atoms with Crippen LogP contribution in [0.4, 0.5) is 11.5 Å². The molecular weight excluding hydrogens is 432 g/mol. The zero-order chi connectivity index (χ0) is 23.0. The first-order chi connectivity index (χ1) is 15.3. The number of aromatic nitrogens is 1. The number of aryl methyl sites for hydroxylation is 1. The van der Waals surface area contributed by atoms with Crippen LogP contribution in [0, 0.1) is 17.0 Å². The van der Waals surface area contributed by atoms with E-state index in [-0.39, 0.29) is 22.1 Å². The first-order valence-corrected chi connectivity index (χ1v) is 10.6. The second kappa shape index (κ2) is 8.55. The van der Waals surface area contributed by atoms with Crippen molar-refractivity contribution in [2.75, 3.05) is 5.32 Å². The molecule has 0 spiro atoms. The van der Waals surface area contributed by atoms with Crippen LogP contribution >= 0.6 is 11.6 Å². The Bertz CT molecular complexity index is 1200. The lowest BCUT2D eigenvalue weighted by molar-refractivity contribution is -0.384. The van der Waals surface area contributed by atoms with Gasteiger partial charge in [0.15, 0.2) is 5.78 Å². The molecule has 1 aromatic heterocycles. The number of amides is 1. The Morgan fingerprint density at radius 2 is 2.03 bits per heavy atom. The summed E-state index contributed by atoms with van der Waals surface area (Å²) in [4.78, 5) is 41.5. The Balaban J connectivity index is 1.85. The number of nitrogens with one attached hydrogen (secondary N) is 2. The summed E-state index contributed by atoms with van der Waals surface area (Å²) in [6, 6.07) is 7.58. The van der Waals surface area contributed by atoms with E-state index in [0.29, 0.717) is 41.9 Å². The average molecular weight is 453 g/mol. The maximum absolute atomic E-state index is 13.4. The Kier molecular flexibility index (Phi) is 5.80. The van der Waals surface area contributed by atoms with E-state index in [2.05, 4.69) is 15.6 Å². The standard InChI is InChI=1S/C23H21ClN4O4/c1-12-6-9-19(25-11-12)27-23(30)20-13(2)26-17-4-3-5-18(29)22(17)21(20)15-10-14(28(31)32)7-8-16(15)24/h6-11,21,26H,3-5H2,1-2H3,(H,25,27,30)/t21-/m1/s1. The highest BCUT2D eigenvalue weighted by atomic mass is 35.5. The third-order valence-electron chi connectivity index (χ3n) is 5.67. The molecule has 2 aromatic rings. The van der Waals surface area contributed by atoms with Crippen LogP contribution < -0.4 is 10.6 Å². The zero-order valence-corrected chi connectivity index (χ0v) is 18.3. The highest BCUT2D eigenvalue weighted by Crippen LogP contribution is 2.45. The van der Waals surface area contributed by atoms with Crippen molar-refractivity contribution in [3.8, 4) is 0 Å². The summed E-state index contributed by atoms with van der Waals surface area (Å²) in [5.41, 5.74) is 3.15. The second-order valence-corrected chi connectivity index (χ2v) is 8.31. The summed E-state index contributed by atoms with van der Waals surface area (Å²) >= 11 is 6.46. The molecule has 1 aromatic carbocycles. The Hall–Kier alpha value is -3.52. The van der Waals surface area contributed by atoms with Gasteiger partial charge in [-0.3, -0.25) is 19.7 Å². The second-order valence-electron chi connectivity index (χ2n) is 7.90. The maximum atomic E-state index is 13.4. The number of carbonyl (C=O) groups excluding carboxylic acids is 2. The molecule has 4 rings (SSSR count). The highest BCUT2D eigenvalue weighted by molar-refractivity contribution is 6.31. The lowest BCUT2D eigenvalue weighted by Crippen LogP contribution is -2.35. The molecule has 8 nitrogen and oxygen atoms in total. The topological polar surface area (TPSA) is 114 Å². The van der Waals surface area contributed by atoms with Gasteiger partial charge in [-0.05, 0) is 49.9 Å². The highest BCUT2D eigenvalue weighted by Gasteiger charge is 2.40. The molecule has 1 atom stereocenters. The minimum Gasteiger partial charge on any atom is -0.362 e. The number of dihydropyridines is 1. The number of hydrogen-bond acceptors (Lipinski definition) is 6. The number of nitro benzene ring substituents is 1. The quantitative estimate of drug-likeness (QED) is 0.519. The van der Waals surface area contributed by atoms with Crippen LogP contribution in [-0.4, -0.2) is 21.6 Å². The largest absolute Gasteiger partial charge is 0.362 e. The average Bonchev–Trinajstić information content (AvgIpc) is 2.74. The number of non-ortho nitro benzene ring substituents is 1. The minimum absolute atomic E-state index is 0.0995. The van der Waals surface area contributed by atoms with Crippen LogP contribution in [0.5, 0.6) is 0 Å². The van der Waals surface area contributed by atoms with Gasteiger partial charge in [-0.25, -0.2) is 4.98 Å². The van der Waals surface area contributed by atoms with Gasteiger partial charge < -0.3 is 10.6 Å². The Morgan fingerprint density at radius 1 is 1.25 bits per heavy atom. The van der Waals surface area contributed by atoms with Crippen LogP contribution in [0.1, 0.15) is 43.2 Å². The number of ketones is 1. The van der Waals surface area contributed by atoms with Gasteiger partial charge in [-0.2, -0.15) is 0 Å². The summed E-state index contributed by atoms with van der Waals surface area (Å²) in [6.07, 6.45) is 3.32. The van der Waals surface area contributed by atoms with Crippen molar-refractivity contribution in [1.82, 2.24) is 10.3 Å². The molecular formula is C23H21ClN4O4. The molecule has 2 heterocycles. The Labute approximate surface area is 189 Å². The van der Waals surface area contributed by atoms with Crippen molar-refractivity contribution < 1.29 is 14.5 Å². The molecule has 32 heavy (non-hydrogen) atoms. The maximum Gasteiger partial charge on any atom is 0.269 e. The fourth-order valence-corrected chi connectivity index (χ4v) is 4.41. The number of carbonyl (C=O) groups is 2. The number of allylic oxidation sites excluding steroid dienone is 3. The molecule has 9 heteroatoms. The molecule has 0 saturated heterocycles. The molecule has 0 bridgehead atoms. The normalized spacial score (nSPS) is 18.2. The van der Waals surface area contributed by atoms with Gasteiger partial charge >= 0.3 is 0 Å². The van der Waals surface area contributed by atoms with Crippen LogP contribution in [0.2, 0.25) is 5.02 Å². The van der Waals surface area contributed by atoms with Gasteiger partial charge in [-0.15, -0.1) is 0 Å². The summed E-state index contributed by atoms with van der Waals surface area (Å²) in [5, 5.41) is 17.7. The van der Waals surface area contributed by atoms with Crippen LogP contribution in [-0.2, 0) is 9.59 Å².